The van der Waals surface area contributed by atoms with E-state index in [0.717, 1.165) is 22.2 Å². The van der Waals surface area contributed by atoms with Gasteiger partial charge in [-0.25, -0.2) is 0 Å². The van der Waals surface area contributed by atoms with Crippen LogP contribution in [0, 0.1) is 0 Å². The highest BCUT2D eigenvalue weighted by Crippen LogP contribution is 2.24. The van der Waals surface area contributed by atoms with Crippen molar-refractivity contribution >= 4 is 22.8 Å². The zero-order valence-electron chi connectivity index (χ0n) is 14.9. The molecule has 130 valence electrons. The van der Waals surface area contributed by atoms with Gasteiger partial charge in [0, 0.05) is 29.7 Å². The van der Waals surface area contributed by atoms with Gasteiger partial charge in [0.05, 0.1) is 18.9 Å². The van der Waals surface area contributed by atoms with Crippen LogP contribution in [0.4, 0.5) is 0 Å². The molecule has 2 aromatic rings. The van der Waals surface area contributed by atoms with E-state index in [1.54, 1.807) is 4.90 Å². The van der Waals surface area contributed by atoms with Crippen molar-refractivity contribution < 1.29 is 14.3 Å². The molecule has 0 aliphatic carbocycles. The maximum atomic E-state index is 12.5. The van der Waals surface area contributed by atoms with Crippen molar-refractivity contribution in [3.8, 4) is 0 Å². The molecule has 0 fully saturated rings. The highest BCUT2D eigenvalue weighted by molar-refractivity contribution is 5.91. The first-order valence-electron chi connectivity index (χ1n) is 8.51. The molecule has 1 heterocycles. The van der Waals surface area contributed by atoms with Crippen molar-refractivity contribution in [3.05, 3.63) is 35.5 Å². The summed E-state index contributed by atoms with van der Waals surface area (Å²) in [5.74, 6) is -0.212. The molecule has 0 aliphatic rings. The van der Waals surface area contributed by atoms with Gasteiger partial charge in [-0.3, -0.25) is 9.59 Å². The minimum atomic E-state index is -0.284. The standard InChI is InChI=1S/C19H26N2O3/c1-5-21(6-2)18(22)11-15-14-9-7-8-10-16(14)20-17(15)12-19(23)24-13(3)4/h7-10,13,20H,5-6,11-12H2,1-4H3. The van der Waals surface area contributed by atoms with Crippen LogP contribution in [-0.2, 0) is 27.2 Å². The summed E-state index contributed by atoms with van der Waals surface area (Å²) in [5.41, 5.74) is 2.60. The molecule has 1 amide bonds. The second-order valence-corrected chi connectivity index (χ2v) is 6.09. The number of esters is 1. The summed E-state index contributed by atoms with van der Waals surface area (Å²) in [7, 11) is 0. The van der Waals surface area contributed by atoms with Crippen molar-refractivity contribution in [2.24, 2.45) is 0 Å². The Bertz CT molecular complexity index is 714. The highest BCUT2D eigenvalue weighted by atomic mass is 16.5. The predicted octanol–water partition coefficient (Wildman–Crippen LogP) is 3.07. The largest absolute Gasteiger partial charge is 0.463 e. The van der Waals surface area contributed by atoms with Gasteiger partial charge in [-0.1, -0.05) is 18.2 Å². The normalized spacial score (nSPS) is 11.0. The molecule has 0 saturated heterocycles. The van der Waals surface area contributed by atoms with Crippen LogP contribution in [0.2, 0.25) is 0 Å². The molecule has 1 N–H and O–H groups in total. The number of carbonyl (C=O) groups is 2. The fourth-order valence-corrected chi connectivity index (χ4v) is 2.90. The summed E-state index contributed by atoms with van der Waals surface area (Å²) in [5, 5.41) is 0.991. The molecule has 0 unspecified atom stereocenters. The summed E-state index contributed by atoms with van der Waals surface area (Å²) in [6, 6.07) is 7.81. The van der Waals surface area contributed by atoms with Crippen molar-refractivity contribution in [1.82, 2.24) is 9.88 Å². The van der Waals surface area contributed by atoms with Crippen LogP contribution in [0.5, 0.6) is 0 Å². The Morgan fingerprint density at radius 1 is 1.12 bits per heavy atom. The minimum Gasteiger partial charge on any atom is -0.463 e. The molecule has 1 aromatic carbocycles. The van der Waals surface area contributed by atoms with Gasteiger partial charge in [0.2, 0.25) is 5.91 Å². The molecular weight excluding hydrogens is 304 g/mol. The van der Waals surface area contributed by atoms with Gasteiger partial charge in [-0.15, -0.1) is 0 Å². The average Bonchev–Trinajstić information content (AvgIpc) is 2.85. The number of likely N-dealkylation sites (N-methyl/N-ethyl adjacent to an activating group) is 1. The van der Waals surface area contributed by atoms with Crippen LogP contribution in [0.1, 0.15) is 39.0 Å². The SMILES string of the molecule is CCN(CC)C(=O)Cc1c(CC(=O)OC(C)C)[nH]c2ccccc12. The molecule has 0 saturated carbocycles. The lowest BCUT2D eigenvalue weighted by Crippen LogP contribution is -2.32. The van der Waals surface area contributed by atoms with Crippen molar-refractivity contribution in [2.45, 2.75) is 46.6 Å². The number of carbonyl (C=O) groups excluding carboxylic acids is 2. The van der Waals surface area contributed by atoms with E-state index in [1.807, 2.05) is 52.0 Å². The number of amides is 1. The van der Waals surface area contributed by atoms with Gasteiger partial charge in [0.1, 0.15) is 0 Å². The van der Waals surface area contributed by atoms with E-state index < -0.39 is 0 Å². The third kappa shape index (κ3) is 4.16. The molecule has 5 heteroatoms. The van der Waals surface area contributed by atoms with Gasteiger partial charge >= 0.3 is 5.97 Å². The number of benzene rings is 1. The number of aromatic amines is 1. The second kappa shape index (κ2) is 7.99. The number of hydrogen-bond donors (Lipinski definition) is 1. The smallest absolute Gasteiger partial charge is 0.312 e. The number of rotatable bonds is 7. The molecule has 0 radical (unpaired) electrons. The van der Waals surface area contributed by atoms with Crippen LogP contribution in [0.25, 0.3) is 10.9 Å². The maximum absolute atomic E-state index is 12.5. The van der Waals surface area contributed by atoms with Gasteiger partial charge in [0.15, 0.2) is 0 Å². The average molecular weight is 330 g/mol. The molecular formula is C19H26N2O3. The fraction of sp³-hybridized carbons (Fsp3) is 0.474. The van der Waals surface area contributed by atoms with Gasteiger partial charge < -0.3 is 14.6 Å². The topological polar surface area (TPSA) is 62.4 Å². The third-order valence-electron chi connectivity index (χ3n) is 4.03. The molecule has 0 spiro atoms. The number of hydrogen-bond acceptors (Lipinski definition) is 3. The molecule has 2 rings (SSSR count). The molecule has 1 aromatic heterocycles. The Hall–Kier alpha value is -2.30. The third-order valence-corrected chi connectivity index (χ3v) is 4.03. The van der Waals surface area contributed by atoms with Gasteiger partial charge in [0.25, 0.3) is 0 Å². The first kappa shape index (κ1) is 18.0. The van der Waals surface area contributed by atoms with E-state index in [0.29, 0.717) is 13.1 Å². The minimum absolute atomic E-state index is 0.0724. The number of para-hydroxylation sites is 1. The van der Waals surface area contributed by atoms with Crippen LogP contribution in [0.3, 0.4) is 0 Å². The quantitative estimate of drug-likeness (QED) is 0.794. The van der Waals surface area contributed by atoms with E-state index >= 15 is 0 Å². The Balaban J connectivity index is 2.33. The van der Waals surface area contributed by atoms with E-state index in [-0.39, 0.29) is 30.8 Å². The zero-order valence-corrected chi connectivity index (χ0v) is 14.9. The molecule has 0 aliphatic heterocycles. The summed E-state index contributed by atoms with van der Waals surface area (Å²) >= 11 is 0. The van der Waals surface area contributed by atoms with Crippen molar-refractivity contribution in [2.75, 3.05) is 13.1 Å². The zero-order chi connectivity index (χ0) is 17.7. The maximum Gasteiger partial charge on any atom is 0.312 e. The fourth-order valence-electron chi connectivity index (χ4n) is 2.90. The molecule has 5 nitrogen and oxygen atoms in total. The molecule has 0 atom stereocenters. The predicted molar refractivity (Wildman–Crippen MR) is 94.9 cm³/mol. The van der Waals surface area contributed by atoms with Gasteiger partial charge in [-0.2, -0.15) is 0 Å². The van der Waals surface area contributed by atoms with Gasteiger partial charge in [-0.05, 0) is 39.3 Å². The van der Waals surface area contributed by atoms with Crippen molar-refractivity contribution in [3.63, 3.8) is 0 Å². The van der Waals surface area contributed by atoms with E-state index in [1.165, 1.54) is 0 Å². The Morgan fingerprint density at radius 2 is 1.79 bits per heavy atom. The molecule has 0 bridgehead atoms. The first-order valence-corrected chi connectivity index (χ1v) is 8.51. The van der Waals surface area contributed by atoms with Crippen molar-refractivity contribution in [1.29, 1.82) is 0 Å². The van der Waals surface area contributed by atoms with Crippen LogP contribution in [-0.4, -0.2) is 41.0 Å². The number of nitrogens with zero attached hydrogens (tertiary/aromatic N) is 1. The lowest BCUT2D eigenvalue weighted by Gasteiger charge is -2.18. The number of H-pyrrole nitrogens is 1. The van der Waals surface area contributed by atoms with E-state index in [4.69, 9.17) is 4.74 Å². The summed E-state index contributed by atoms with van der Waals surface area (Å²) in [6.45, 7) is 8.96. The number of nitrogens with one attached hydrogen (secondary N) is 1. The van der Waals surface area contributed by atoms with Crippen LogP contribution in [0.15, 0.2) is 24.3 Å². The van der Waals surface area contributed by atoms with E-state index in [9.17, 15) is 9.59 Å². The first-order chi connectivity index (χ1) is 11.5. The second-order valence-electron chi connectivity index (χ2n) is 6.09. The number of aromatic nitrogens is 1. The number of fused-ring (bicyclic) bond motifs is 1. The summed E-state index contributed by atoms with van der Waals surface area (Å²) in [6.07, 6.45) is 0.284. The Labute approximate surface area is 143 Å². The monoisotopic (exact) mass is 330 g/mol. The van der Waals surface area contributed by atoms with Crippen LogP contribution >= 0.6 is 0 Å². The molecule has 24 heavy (non-hydrogen) atoms. The lowest BCUT2D eigenvalue weighted by molar-refractivity contribution is -0.146. The number of ether oxygens (including phenoxy) is 1. The Kier molecular flexibility index (Phi) is 6.01. The Morgan fingerprint density at radius 3 is 2.42 bits per heavy atom. The highest BCUT2D eigenvalue weighted by Gasteiger charge is 2.20. The summed E-state index contributed by atoms with van der Waals surface area (Å²) < 4.78 is 5.25. The summed E-state index contributed by atoms with van der Waals surface area (Å²) in [4.78, 5) is 29.7. The lowest BCUT2D eigenvalue weighted by atomic mass is 10.0. The van der Waals surface area contributed by atoms with E-state index in [2.05, 4.69) is 4.98 Å². The van der Waals surface area contributed by atoms with Crippen LogP contribution < -0.4 is 0 Å².